The molecule has 2 aromatic rings. The van der Waals surface area contributed by atoms with Gasteiger partial charge in [0.2, 0.25) is 0 Å². The molecule has 0 aliphatic rings. The molecular weight excluding hydrogens is 343 g/mol. The Morgan fingerprint density at radius 1 is 1.04 bits per heavy atom. The van der Waals surface area contributed by atoms with Crippen molar-refractivity contribution in [1.82, 2.24) is 0 Å². The Labute approximate surface area is 138 Å². The minimum Gasteiger partial charge on any atom is -0.406 e. The number of benzene rings is 2. The van der Waals surface area contributed by atoms with Gasteiger partial charge in [0, 0.05) is 6.07 Å². The average Bonchev–Trinajstić information content (AvgIpc) is 2.45. The summed E-state index contributed by atoms with van der Waals surface area (Å²) in [4.78, 5) is -0.317. The van der Waals surface area contributed by atoms with Crippen LogP contribution < -0.4 is 9.46 Å². The minimum atomic E-state index is -4.89. The first-order valence-corrected chi connectivity index (χ1v) is 8.54. The molecular formula is C16H16F3NO3S. The van der Waals surface area contributed by atoms with Crippen LogP contribution >= 0.6 is 0 Å². The molecule has 0 bridgehead atoms. The van der Waals surface area contributed by atoms with E-state index in [-0.39, 0.29) is 10.8 Å². The fraction of sp³-hybridized carbons (Fsp3) is 0.250. The van der Waals surface area contributed by atoms with Gasteiger partial charge in [0.15, 0.2) is 0 Å². The number of para-hydroxylation sites is 1. The second kappa shape index (κ2) is 6.72. The number of alkyl halides is 3. The minimum absolute atomic E-state index is 0.0730. The number of hydrogen-bond acceptors (Lipinski definition) is 3. The van der Waals surface area contributed by atoms with Crippen molar-refractivity contribution in [3.05, 3.63) is 54.1 Å². The van der Waals surface area contributed by atoms with Crippen LogP contribution in [-0.4, -0.2) is 14.8 Å². The number of sulfonamides is 1. The van der Waals surface area contributed by atoms with Crippen molar-refractivity contribution in [2.45, 2.75) is 31.0 Å². The van der Waals surface area contributed by atoms with Gasteiger partial charge in [-0.3, -0.25) is 4.72 Å². The van der Waals surface area contributed by atoms with Crippen LogP contribution in [0, 0.1) is 0 Å². The molecule has 0 spiro atoms. The average molecular weight is 359 g/mol. The van der Waals surface area contributed by atoms with Crippen LogP contribution in [0.3, 0.4) is 0 Å². The molecule has 0 unspecified atom stereocenters. The molecule has 0 amide bonds. The molecule has 0 aromatic heterocycles. The van der Waals surface area contributed by atoms with Crippen molar-refractivity contribution in [3.63, 3.8) is 0 Å². The van der Waals surface area contributed by atoms with Crippen LogP contribution in [0.25, 0.3) is 0 Å². The van der Waals surface area contributed by atoms with Gasteiger partial charge in [-0.25, -0.2) is 8.42 Å². The molecule has 0 radical (unpaired) electrons. The summed E-state index contributed by atoms with van der Waals surface area (Å²) in [6.45, 7) is 3.82. The normalized spacial score (nSPS) is 12.2. The molecule has 2 rings (SSSR count). The summed E-state index contributed by atoms with van der Waals surface area (Å²) in [7, 11) is -4.04. The molecule has 0 atom stereocenters. The quantitative estimate of drug-likeness (QED) is 0.855. The van der Waals surface area contributed by atoms with E-state index >= 15 is 0 Å². The van der Waals surface area contributed by atoms with Gasteiger partial charge in [-0.05, 0) is 29.7 Å². The maximum absolute atomic E-state index is 12.4. The van der Waals surface area contributed by atoms with E-state index in [4.69, 9.17) is 0 Å². The standard InChI is InChI=1S/C16H16F3NO3S/c1-11(2)14-8-3-4-9-15(14)20-24(21,22)13-7-5-6-12(10-13)23-16(17,18)19/h3-11,20H,1-2H3. The number of hydrogen-bond donors (Lipinski definition) is 1. The Bertz CT molecular complexity index is 817. The summed E-state index contributed by atoms with van der Waals surface area (Å²) in [6, 6.07) is 11.1. The van der Waals surface area contributed by atoms with Gasteiger partial charge in [-0.15, -0.1) is 13.2 Å². The highest BCUT2D eigenvalue weighted by Gasteiger charge is 2.31. The fourth-order valence-corrected chi connectivity index (χ4v) is 3.26. The van der Waals surface area contributed by atoms with Crippen molar-refractivity contribution >= 4 is 15.7 Å². The third kappa shape index (κ3) is 4.64. The van der Waals surface area contributed by atoms with Crippen LogP contribution in [0.1, 0.15) is 25.3 Å². The lowest BCUT2D eigenvalue weighted by molar-refractivity contribution is -0.274. The number of anilines is 1. The molecule has 8 heteroatoms. The van der Waals surface area contributed by atoms with Crippen LogP contribution in [-0.2, 0) is 10.0 Å². The third-order valence-electron chi connectivity index (χ3n) is 3.18. The summed E-state index contributed by atoms with van der Waals surface area (Å²) in [6.07, 6.45) is -4.89. The van der Waals surface area contributed by atoms with E-state index in [1.54, 1.807) is 24.3 Å². The predicted molar refractivity (Wildman–Crippen MR) is 84.5 cm³/mol. The van der Waals surface area contributed by atoms with Crippen molar-refractivity contribution in [2.24, 2.45) is 0 Å². The third-order valence-corrected chi connectivity index (χ3v) is 4.54. The summed E-state index contributed by atoms with van der Waals surface area (Å²) in [5.74, 6) is -0.522. The van der Waals surface area contributed by atoms with Gasteiger partial charge in [-0.1, -0.05) is 38.1 Å². The largest absolute Gasteiger partial charge is 0.573 e. The molecule has 0 aliphatic carbocycles. The summed E-state index contributed by atoms with van der Waals surface area (Å²) < 4.78 is 67.9. The van der Waals surface area contributed by atoms with Crippen molar-refractivity contribution in [2.75, 3.05) is 4.72 Å². The molecule has 0 saturated carbocycles. The lowest BCUT2D eigenvalue weighted by Crippen LogP contribution is -2.18. The Hall–Kier alpha value is -2.22. The zero-order chi connectivity index (χ0) is 18.0. The fourth-order valence-electron chi connectivity index (χ4n) is 2.14. The second-order valence-corrected chi connectivity index (χ2v) is 7.05. The number of ether oxygens (including phenoxy) is 1. The van der Waals surface area contributed by atoms with Crippen molar-refractivity contribution in [1.29, 1.82) is 0 Å². The topological polar surface area (TPSA) is 55.4 Å². The van der Waals surface area contributed by atoms with Gasteiger partial charge < -0.3 is 4.74 Å². The first-order valence-electron chi connectivity index (χ1n) is 7.06. The number of nitrogens with one attached hydrogen (secondary N) is 1. The van der Waals surface area contributed by atoms with E-state index in [0.29, 0.717) is 5.69 Å². The van der Waals surface area contributed by atoms with Gasteiger partial charge >= 0.3 is 6.36 Å². The maximum Gasteiger partial charge on any atom is 0.573 e. The molecule has 1 N–H and O–H groups in total. The second-order valence-electron chi connectivity index (χ2n) is 5.37. The van der Waals surface area contributed by atoms with Crippen LogP contribution in [0.2, 0.25) is 0 Å². The lowest BCUT2D eigenvalue weighted by atomic mass is 10.0. The van der Waals surface area contributed by atoms with Gasteiger partial charge in [0.05, 0.1) is 10.6 Å². The molecule has 2 aromatic carbocycles. The highest BCUT2D eigenvalue weighted by molar-refractivity contribution is 7.92. The number of halogens is 3. The van der Waals surface area contributed by atoms with E-state index in [9.17, 15) is 21.6 Å². The smallest absolute Gasteiger partial charge is 0.406 e. The predicted octanol–water partition coefficient (Wildman–Crippen LogP) is 4.51. The van der Waals surface area contributed by atoms with E-state index in [1.165, 1.54) is 12.1 Å². The first-order chi connectivity index (χ1) is 11.1. The molecule has 130 valence electrons. The SMILES string of the molecule is CC(C)c1ccccc1NS(=O)(=O)c1cccc(OC(F)(F)F)c1. The highest BCUT2D eigenvalue weighted by Crippen LogP contribution is 2.28. The van der Waals surface area contributed by atoms with Crippen LogP contribution in [0.15, 0.2) is 53.4 Å². The summed E-state index contributed by atoms with van der Waals surface area (Å²) >= 11 is 0. The van der Waals surface area contributed by atoms with E-state index in [0.717, 1.165) is 17.7 Å². The molecule has 0 saturated heterocycles. The van der Waals surface area contributed by atoms with Crippen molar-refractivity contribution < 1.29 is 26.3 Å². The van der Waals surface area contributed by atoms with E-state index < -0.39 is 22.1 Å². The van der Waals surface area contributed by atoms with Crippen LogP contribution in [0.5, 0.6) is 5.75 Å². The van der Waals surface area contributed by atoms with Crippen LogP contribution in [0.4, 0.5) is 18.9 Å². The zero-order valence-corrected chi connectivity index (χ0v) is 13.8. The summed E-state index contributed by atoms with van der Waals surface area (Å²) in [5, 5.41) is 0. The monoisotopic (exact) mass is 359 g/mol. The molecule has 0 aliphatic heterocycles. The Morgan fingerprint density at radius 3 is 2.33 bits per heavy atom. The van der Waals surface area contributed by atoms with E-state index in [1.807, 2.05) is 13.8 Å². The Morgan fingerprint density at radius 2 is 1.71 bits per heavy atom. The first kappa shape index (κ1) is 18.1. The number of rotatable bonds is 5. The van der Waals surface area contributed by atoms with Crippen molar-refractivity contribution in [3.8, 4) is 5.75 Å². The lowest BCUT2D eigenvalue weighted by Gasteiger charge is -2.15. The molecule has 24 heavy (non-hydrogen) atoms. The summed E-state index contributed by atoms with van der Waals surface area (Å²) in [5.41, 5.74) is 1.17. The molecule has 4 nitrogen and oxygen atoms in total. The molecule has 0 heterocycles. The Balaban J connectivity index is 2.33. The Kier molecular flexibility index (Phi) is 5.08. The van der Waals surface area contributed by atoms with E-state index in [2.05, 4.69) is 9.46 Å². The zero-order valence-electron chi connectivity index (χ0n) is 13.0. The van der Waals surface area contributed by atoms with Gasteiger partial charge in [0.25, 0.3) is 10.0 Å². The van der Waals surface area contributed by atoms with Gasteiger partial charge in [-0.2, -0.15) is 0 Å². The molecule has 0 fully saturated rings. The highest BCUT2D eigenvalue weighted by atomic mass is 32.2. The van der Waals surface area contributed by atoms with Gasteiger partial charge in [0.1, 0.15) is 5.75 Å². The maximum atomic E-state index is 12.4.